The highest BCUT2D eigenvalue weighted by molar-refractivity contribution is 7.10. The van der Waals surface area contributed by atoms with Crippen molar-refractivity contribution < 1.29 is 14.3 Å². The van der Waals surface area contributed by atoms with E-state index in [4.69, 9.17) is 4.74 Å². The smallest absolute Gasteiger partial charge is 0.338 e. The molecule has 0 atom stereocenters. The fraction of sp³-hybridized carbons (Fsp3) is 0.294. The number of thiophene rings is 1. The number of benzene rings is 1. The summed E-state index contributed by atoms with van der Waals surface area (Å²) in [6.07, 6.45) is 0.932. The second kappa shape index (κ2) is 5.70. The number of carbonyl (C=O) groups excluding carboxylic acids is 2. The minimum atomic E-state index is -0.295. The number of nitrogens with one attached hydrogen (secondary N) is 1. The zero-order chi connectivity index (χ0) is 15.8. The Morgan fingerprint density at radius 3 is 3.17 bits per heavy atom. The van der Waals surface area contributed by atoms with Crippen LogP contribution in [0.15, 0.2) is 29.6 Å². The molecule has 2 aliphatic rings. The molecule has 0 spiro atoms. The number of fused-ring (bicyclic) bond motifs is 2. The molecule has 1 aromatic heterocycles. The number of carbonyl (C=O) groups is 2. The Morgan fingerprint density at radius 2 is 2.26 bits per heavy atom. The van der Waals surface area contributed by atoms with Crippen LogP contribution in [0.25, 0.3) is 0 Å². The van der Waals surface area contributed by atoms with Gasteiger partial charge in [-0.25, -0.2) is 4.79 Å². The first kappa shape index (κ1) is 14.3. The van der Waals surface area contributed by atoms with E-state index in [0.717, 1.165) is 24.2 Å². The molecule has 3 heterocycles. The van der Waals surface area contributed by atoms with Crippen LogP contribution in [0.5, 0.6) is 0 Å². The van der Waals surface area contributed by atoms with Crippen molar-refractivity contribution in [1.29, 1.82) is 0 Å². The van der Waals surface area contributed by atoms with Crippen LogP contribution in [0.3, 0.4) is 0 Å². The maximum Gasteiger partial charge on any atom is 0.338 e. The topological polar surface area (TPSA) is 58.6 Å². The predicted molar refractivity (Wildman–Crippen MR) is 87.5 cm³/mol. The Kier molecular flexibility index (Phi) is 3.53. The largest absolute Gasteiger partial charge is 0.457 e. The number of amides is 1. The second-order valence-electron chi connectivity index (χ2n) is 5.70. The van der Waals surface area contributed by atoms with Gasteiger partial charge in [0.25, 0.3) is 0 Å². The van der Waals surface area contributed by atoms with E-state index >= 15 is 0 Å². The average Bonchev–Trinajstić information content (AvgIpc) is 3.19. The molecular formula is C17H16N2O3S. The number of ether oxygens (including phenoxy) is 1. The van der Waals surface area contributed by atoms with Gasteiger partial charge in [0.05, 0.1) is 12.1 Å². The molecule has 23 heavy (non-hydrogen) atoms. The number of esters is 1. The van der Waals surface area contributed by atoms with E-state index in [1.165, 1.54) is 10.4 Å². The van der Waals surface area contributed by atoms with Crippen molar-refractivity contribution in [2.75, 3.05) is 18.4 Å². The molecule has 5 nitrogen and oxygen atoms in total. The van der Waals surface area contributed by atoms with Crippen molar-refractivity contribution in [1.82, 2.24) is 4.90 Å². The zero-order valence-electron chi connectivity index (χ0n) is 12.5. The molecule has 118 valence electrons. The third-order valence-corrected chi connectivity index (χ3v) is 5.36. The van der Waals surface area contributed by atoms with Gasteiger partial charge < -0.3 is 15.0 Å². The van der Waals surface area contributed by atoms with Crippen molar-refractivity contribution in [3.05, 3.63) is 51.2 Å². The third kappa shape index (κ3) is 2.59. The molecule has 0 radical (unpaired) electrons. The van der Waals surface area contributed by atoms with Gasteiger partial charge in [-0.15, -0.1) is 11.3 Å². The first-order chi connectivity index (χ1) is 11.2. The predicted octanol–water partition coefficient (Wildman–Crippen LogP) is 2.42. The Bertz CT molecular complexity index is 784. The summed E-state index contributed by atoms with van der Waals surface area (Å²) in [6.45, 7) is 1.95. The Balaban J connectivity index is 1.42. The maximum absolute atomic E-state index is 12.4. The molecule has 4 rings (SSSR count). The highest BCUT2D eigenvalue weighted by Gasteiger charge is 2.25. The monoisotopic (exact) mass is 328 g/mol. The van der Waals surface area contributed by atoms with Crippen molar-refractivity contribution in [2.45, 2.75) is 19.6 Å². The lowest BCUT2D eigenvalue weighted by molar-refractivity contribution is -0.130. The summed E-state index contributed by atoms with van der Waals surface area (Å²) in [5.41, 5.74) is 3.48. The highest BCUT2D eigenvalue weighted by Crippen LogP contribution is 2.27. The Labute approximate surface area is 137 Å². The molecule has 6 heteroatoms. The quantitative estimate of drug-likeness (QED) is 0.879. The number of hydrogen-bond donors (Lipinski definition) is 1. The van der Waals surface area contributed by atoms with Crippen LogP contribution in [-0.2, 0) is 29.1 Å². The number of hydrogen-bond acceptors (Lipinski definition) is 5. The Hall–Kier alpha value is -2.34. The zero-order valence-corrected chi connectivity index (χ0v) is 13.3. The van der Waals surface area contributed by atoms with Gasteiger partial charge in [-0.3, -0.25) is 4.79 Å². The van der Waals surface area contributed by atoms with Crippen LogP contribution in [-0.4, -0.2) is 29.9 Å². The van der Waals surface area contributed by atoms with Crippen LogP contribution in [0.2, 0.25) is 0 Å². The summed E-state index contributed by atoms with van der Waals surface area (Å²) in [6, 6.07) is 7.53. The number of nitrogens with zero attached hydrogens (tertiary/aromatic N) is 1. The molecule has 0 saturated carbocycles. The minimum absolute atomic E-state index is 0.0738. The van der Waals surface area contributed by atoms with Crippen LogP contribution < -0.4 is 5.32 Å². The number of rotatable bonds is 3. The van der Waals surface area contributed by atoms with Crippen LogP contribution in [0.1, 0.15) is 26.4 Å². The van der Waals surface area contributed by atoms with Gasteiger partial charge in [-0.2, -0.15) is 0 Å². The lowest BCUT2D eigenvalue weighted by Crippen LogP contribution is -2.38. The fourth-order valence-corrected chi connectivity index (χ4v) is 3.95. The lowest BCUT2D eigenvalue weighted by atomic mass is 10.1. The standard InChI is InChI=1S/C17H16N2O3S/c20-16(19-6-4-15-11(9-19)5-7-23-15)8-18-14-3-1-2-12-13(14)10-22-17(12)21/h1-3,5,7,18H,4,6,8-10H2. The summed E-state index contributed by atoms with van der Waals surface area (Å²) < 4.78 is 5.04. The minimum Gasteiger partial charge on any atom is -0.457 e. The number of cyclic esters (lactones) is 1. The second-order valence-corrected chi connectivity index (χ2v) is 6.70. The SMILES string of the molecule is O=C1OCc2c(NCC(=O)N3CCc4sccc4C3)cccc21. The summed E-state index contributed by atoms with van der Waals surface area (Å²) in [7, 11) is 0. The molecule has 0 aliphatic carbocycles. The van der Waals surface area contributed by atoms with Crippen molar-refractivity contribution in [2.24, 2.45) is 0 Å². The molecule has 1 amide bonds. The molecule has 0 fully saturated rings. The van der Waals surface area contributed by atoms with Gasteiger partial charge in [0.1, 0.15) is 6.61 Å². The molecule has 0 saturated heterocycles. The van der Waals surface area contributed by atoms with Crippen molar-refractivity contribution in [3.8, 4) is 0 Å². The van der Waals surface area contributed by atoms with E-state index in [0.29, 0.717) is 12.1 Å². The van der Waals surface area contributed by atoms with Gasteiger partial charge in [0, 0.05) is 29.2 Å². The van der Waals surface area contributed by atoms with Gasteiger partial charge in [0.15, 0.2) is 0 Å². The van der Waals surface area contributed by atoms with Gasteiger partial charge in [-0.1, -0.05) is 6.07 Å². The van der Waals surface area contributed by atoms with E-state index in [1.54, 1.807) is 23.5 Å². The Morgan fingerprint density at radius 1 is 1.35 bits per heavy atom. The van der Waals surface area contributed by atoms with E-state index in [1.807, 2.05) is 11.0 Å². The van der Waals surface area contributed by atoms with Crippen LogP contribution >= 0.6 is 11.3 Å². The van der Waals surface area contributed by atoms with E-state index < -0.39 is 0 Å². The van der Waals surface area contributed by atoms with E-state index in [2.05, 4.69) is 16.8 Å². The van der Waals surface area contributed by atoms with Crippen LogP contribution in [0, 0.1) is 0 Å². The fourth-order valence-electron chi connectivity index (χ4n) is 3.06. The molecule has 1 N–H and O–H groups in total. The number of anilines is 1. The third-order valence-electron chi connectivity index (χ3n) is 4.33. The van der Waals surface area contributed by atoms with Gasteiger partial charge >= 0.3 is 5.97 Å². The maximum atomic E-state index is 12.4. The molecular weight excluding hydrogens is 312 g/mol. The average molecular weight is 328 g/mol. The lowest BCUT2D eigenvalue weighted by Gasteiger charge is -2.27. The highest BCUT2D eigenvalue weighted by atomic mass is 32.1. The van der Waals surface area contributed by atoms with Gasteiger partial charge in [-0.05, 0) is 35.6 Å². The first-order valence-electron chi connectivity index (χ1n) is 7.58. The first-order valence-corrected chi connectivity index (χ1v) is 8.46. The summed E-state index contributed by atoms with van der Waals surface area (Å²) in [4.78, 5) is 27.3. The molecule has 0 bridgehead atoms. The van der Waals surface area contributed by atoms with E-state index in [-0.39, 0.29) is 25.0 Å². The summed E-state index contributed by atoms with van der Waals surface area (Å²) in [5, 5.41) is 5.24. The van der Waals surface area contributed by atoms with E-state index in [9.17, 15) is 9.59 Å². The molecule has 2 aromatic rings. The summed E-state index contributed by atoms with van der Waals surface area (Å²) >= 11 is 1.76. The normalized spacial score (nSPS) is 15.8. The van der Waals surface area contributed by atoms with Crippen molar-refractivity contribution >= 4 is 28.9 Å². The molecule has 2 aliphatic heterocycles. The summed E-state index contributed by atoms with van der Waals surface area (Å²) in [5.74, 6) is -0.222. The van der Waals surface area contributed by atoms with Gasteiger partial charge in [0.2, 0.25) is 5.91 Å². The molecule has 0 unspecified atom stereocenters. The van der Waals surface area contributed by atoms with Crippen molar-refractivity contribution in [3.63, 3.8) is 0 Å². The molecule has 1 aromatic carbocycles. The van der Waals surface area contributed by atoms with Crippen LogP contribution in [0.4, 0.5) is 5.69 Å².